The first-order valence-electron chi connectivity index (χ1n) is 7.60. The minimum absolute atomic E-state index is 0.709. The molecule has 0 radical (unpaired) electrons. The maximum atomic E-state index is 2.63. The number of hydrogen-bond acceptors (Lipinski definition) is 4. The van der Waals surface area contributed by atoms with E-state index in [1.165, 1.54) is 65.6 Å². The van der Waals surface area contributed by atoms with Crippen LogP contribution >= 0.6 is 0 Å². The average Bonchev–Trinajstić information content (AvgIpc) is 2.40. The molecule has 0 saturated carbocycles. The summed E-state index contributed by atoms with van der Waals surface area (Å²) in [6.45, 7) is 19.2. The number of nitrogens with zero attached hydrogens (tertiary/aromatic N) is 4. The van der Waals surface area contributed by atoms with Gasteiger partial charge in [0.1, 0.15) is 0 Å². The van der Waals surface area contributed by atoms with Gasteiger partial charge in [-0.3, -0.25) is 14.7 Å². The van der Waals surface area contributed by atoms with E-state index >= 15 is 0 Å². The van der Waals surface area contributed by atoms with Crippen molar-refractivity contribution in [3.05, 3.63) is 0 Å². The number of hydrogen-bond donors (Lipinski definition) is 0. The number of piperazine rings is 2. The topological polar surface area (TPSA) is 13.0 Å². The van der Waals surface area contributed by atoms with Crippen LogP contribution in [-0.4, -0.2) is 91.2 Å². The van der Waals surface area contributed by atoms with Crippen LogP contribution in [0, 0.1) is 0 Å². The van der Waals surface area contributed by atoms with Crippen LogP contribution in [0.25, 0.3) is 0 Å². The van der Waals surface area contributed by atoms with Crippen molar-refractivity contribution in [3.63, 3.8) is 0 Å². The summed E-state index contributed by atoms with van der Waals surface area (Å²) in [7, 11) is 0. The second-order valence-electron chi connectivity index (χ2n) is 5.94. The van der Waals surface area contributed by atoms with Crippen LogP contribution in [0.4, 0.5) is 0 Å². The van der Waals surface area contributed by atoms with Gasteiger partial charge >= 0.3 is 0 Å². The highest BCUT2D eigenvalue weighted by molar-refractivity contribution is 4.76. The fraction of sp³-hybridized carbons (Fsp3) is 1.00. The quantitative estimate of drug-likeness (QED) is 0.728. The smallest absolute Gasteiger partial charge is 0.0508 e. The third kappa shape index (κ3) is 3.92. The summed E-state index contributed by atoms with van der Waals surface area (Å²) in [6.07, 6.45) is 0. The Labute approximate surface area is 113 Å². The van der Waals surface area contributed by atoms with Crippen LogP contribution in [0.3, 0.4) is 0 Å². The zero-order valence-corrected chi connectivity index (χ0v) is 12.4. The molecule has 0 unspecified atom stereocenters. The number of rotatable bonds is 4. The lowest BCUT2D eigenvalue weighted by atomic mass is 10.2. The highest BCUT2D eigenvalue weighted by Gasteiger charge is 2.22. The second-order valence-corrected chi connectivity index (χ2v) is 5.94. The van der Waals surface area contributed by atoms with Gasteiger partial charge < -0.3 is 4.90 Å². The fourth-order valence-corrected chi connectivity index (χ4v) is 2.95. The first-order valence-corrected chi connectivity index (χ1v) is 7.60. The largest absolute Gasteiger partial charge is 0.301 e. The Bertz CT molecular complexity index is 228. The molecule has 4 nitrogen and oxygen atoms in total. The first-order chi connectivity index (χ1) is 8.69. The highest BCUT2D eigenvalue weighted by Crippen LogP contribution is 2.08. The van der Waals surface area contributed by atoms with E-state index in [0.29, 0.717) is 6.04 Å². The van der Waals surface area contributed by atoms with Crippen molar-refractivity contribution >= 4 is 0 Å². The summed E-state index contributed by atoms with van der Waals surface area (Å²) in [5.41, 5.74) is 0. The van der Waals surface area contributed by atoms with Crippen LogP contribution in [-0.2, 0) is 0 Å². The van der Waals surface area contributed by atoms with Crippen molar-refractivity contribution in [2.45, 2.75) is 26.8 Å². The molecule has 2 fully saturated rings. The zero-order chi connectivity index (χ0) is 13.0. The summed E-state index contributed by atoms with van der Waals surface area (Å²) in [4.78, 5) is 10.4. The predicted octanol–water partition coefficient (Wildman–Crippen LogP) is 0.607. The van der Waals surface area contributed by atoms with E-state index in [2.05, 4.69) is 40.4 Å². The molecule has 0 amide bonds. The van der Waals surface area contributed by atoms with Gasteiger partial charge in [-0.25, -0.2) is 0 Å². The lowest BCUT2D eigenvalue weighted by molar-refractivity contribution is 0.0385. The van der Waals surface area contributed by atoms with E-state index in [4.69, 9.17) is 0 Å². The molecular formula is C14H30N4. The van der Waals surface area contributed by atoms with Crippen LogP contribution in [0.2, 0.25) is 0 Å². The molecule has 2 rings (SSSR count). The molecule has 106 valence electrons. The maximum Gasteiger partial charge on any atom is 0.0508 e. The summed E-state index contributed by atoms with van der Waals surface area (Å²) in [5, 5.41) is 0. The third-order valence-corrected chi connectivity index (χ3v) is 4.45. The van der Waals surface area contributed by atoms with Crippen molar-refractivity contribution in [1.29, 1.82) is 0 Å². The molecule has 0 bridgehead atoms. The van der Waals surface area contributed by atoms with E-state index < -0.39 is 0 Å². The van der Waals surface area contributed by atoms with E-state index in [0.717, 1.165) is 0 Å². The van der Waals surface area contributed by atoms with Crippen LogP contribution in [0.15, 0.2) is 0 Å². The van der Waals surface area contributed by atoms with E-state index in [1.54, 1.807) is 0 Å². The molecule has 2 aliphatic heterocycles. The molecule has 2 aliphatic rings. The Balaban J connectivity index is 1.66. The summed E-state index contributed by atoms with van der Waals surface area (Å²) in [6, 6.07) is 0.709. The third-order valence-electron chi connectivity index (χ3n) is 4.45. The lowest BCUT2D eigenvalue weighted by Crippen LogP contribution is -2.54. The lowest BCUT2D eigenvalue weighted by Gasteiger charge is -2.41. The molecule has 0 aliphatic carbocycles. The normalized spacial score (nSPS) is 26.0. The average molecular weight is 254 g/mol. The van der Waals surface area contributed by atoms with Crippen LogP contribution in [0.5, 0.6) is 0 Å². The minimum atomic E-state index is 0.709. The Morgan fingerprint density at radius 1 is 0.722 bits per heavy atom. The van der Waals surface area contributed by atoms with E-state index in [-0.39, 0.29) is 0 Å². The summed E-state index contributed by atoms with van der Waals surface area (Å²) >= 11 is 0. The second kappa shape index (κ2) is 6.85. The van der Waals surface area contributed by atoms with Gasteiger partial charge in [-0.1, -0.05) is 6.92 Å². The predicted molar refractivity (Wildman–Crippen MR) is 76.8 cm³/mol. The molecule has 0 aromatic carbocycles. The molecule has 0 spiro atoms. The molecule has 2 saturated heterocycles. The molecule has 18 heavy (non-hydrogen) atoms. The van der Waals surface area contributed by atoms with Crippen molar-refractivity contribution in [2.75, 3.05) is 65.6 Å². The van der Waals surface area contributed by atoms with E-state index in [9.17, 15) is 0 Å². The van der Waals surface area contributed by atoms with Crippen molar-refractivity contribution < 1.29 is 0 Å². The standard InChI is InChI=1S/C14H30N4/c1-4-15-5-7-16(8-6-15)13-17-9-11-18(12-10-17)14(2)3/h14H,4-13H2,1-3H3. The minimum Gasteiger partial charge on any atom is -0.301 e. The number of likely N-dealkylation sites (N-methyl/N-ethyl adjacent to an activating group) is 1. The van der Waals surface area contributed by atoms with Gasteiger partial charge in [0.05, 0.1) is 6.67 Å². The van der Waals surface area contributed by atoms with Crippen molar-refractivity contribution in [3.8, 4) is 0 Å². The summed E-state index contributed by atoms with van der Waals surface area (Å²) in [5.74, 6) is 0. The zero-order valence-electron chi connectivity index (χ0n) is 12.4. The van der Waals surface area contributed by atoms with E-state index in [1.807, 2.05) is 0 Å². The van der Waals surface area contributed by atoms with Gasteiger partial charge in [0.15, 0.2) is 0 Å². The highest BCUT2D eigenvalue weighted by atomic mass is 15.4. The molecule has 0 N–H and O–H groups in total. The Morgan fingerprint density at radius 3 is 1.61 bits per heavy atom. The SMILES string of the molecule is CCN1CCN(CN2CCN(C(C)C)CC2)CC1. The fourth-order valence-electron chi connectivity index (χ4n) is 2.95. The maximum absolute atomic E-state index is 2.63. The van der Waals surface area contributed by atoms with Gasteiger partial charge in [0.2, 0.25) is 0 Å². The molecule has 4 heteroatoms. The monoisotopic (exact) mass is 254 g/mol. The van der Waals surface area contributed by atoms with Crippen molar-refractivity contribution in [1.82, 2.24) is 19.6 Å². The van der Waals surface area contributed by atoms with Gasteiger partial charge in [0, 0.05) is 58.4 Å². The van der Waals surface area contributed by atoms with Gasteiger partial charge in [-0.15, -0.1) is 0 Å². The molecule has 2 heterocycles. The van der Waals surface area contributed by atoms with Crippen molar-refractivity contribution in [2.24, 2.45) is 0 Å². The Kier molecular flexibility index (Phi) is 5.42. The van der Waals surface area contributed by atoms with Crippen LogP contribution < -0.4 is 0 Å². The molecule has 0 aromatic rings. The first kappa shape index (κ1) is 14.3. The molecular weight excluding hydrogens is 224 g/mol. The Hall–Kier alpha value is -0.160. The van der Waals surface area contributed by atoms with Gasteiger partial charge in [-0.05, 0) is 20.4 Å². The molecule has 0 aromatic heterocycles. The summed E-state index contributed by atoms with van der Waals surface area (Å²) < 4.78 is 0. The molecule has 0 atom stereocenters. The van der Waals surface area contributed by atoms with Gasteiger partial charge in [-0.2, -0.15) is 0 Å². The van der Waals surface area contributed by atoms with Crippen LogP contribution in [0.1, 0.15) is 20.8 Å². The Morgan fingerprint density at radius 2 is 1.17 bits per heavy atom. The van der Waals surface area contributed by atoms with Gasteiger partial charge in [0.25, 0.3) is 0 Å².